The zero-order valence-electron chi connectivity index (χ0n) is 9.64. The summed E-state index contributed by atoms with van der Waals surface area (Å²) < 4.78 is 15.9. The van der Waals surface area contributed by atoms with E-state index in [1.54, 1.807) is 44.6 Å². The van der Waals surface area contributed by atoms with E-state index in [1.165, 1.54) is 0 Å². The molecule has 0 aliphatic carbocycles. The number of aromatic nitrogens is 1. The minimum Gasteiger partial charge on any atom is -0.493 e. The maximum Gasteiger partial charge on any atom is 0.219 e. The van der Waals surface area contributed by atoms with E-state index in [0.717, 1.165) is 0 Å². The zero-order valence-corrected chi connectivity index (χ0v) is 9.64. The van der Waals surface area contributed by atoms with Crippen LogP contribution in [0.1, 0.15) is 0 Å². The number of hydrogen-bond donors (Lipinski definition) is 0. The van der Waals surface area contributed by atoms with Crippen LogP contribution >= 0.6 is 0 Å². The molecule has 1 aromatic carbocycles. The molecule has 2 aromatic rings. The van der Waals surface area contributed by atoms with Crippen molar-refractivity contribution in [1.29, 1.82) is 0 Å². The summed E-state index contributed by atoms with van der Waals surface area (Å²) in [5.41, 5.74) is 0. The zero-order chi connectivity index (χ0) is 12.1. The Bertz CT molecular complexity index is 485. The van der Waals surface area contributed by atoms with Crippen LogP contribution < -0.4 is 14.2 Å². The first-order valence-corrected chi connectivity index (χ1v) is 5.06. The number of benzene rings is 1. The first-order valence-electron chi connectivity index (χ1n) is 5.06. The van der Waals surface area contributed by atoms with Gasteiger partial charge in [-0.1, -0.05) is 6.07 Å². The van der Waals surface area contributed by atoms with Gasteiger partial charge in [0.2, 0.25) is 5.88 Å². The fourth-order valence-corrected chi connectivity index (χ4v) is 1.37. The second-order valence-corrected chi connectivity index (χ2v) is 3.22. The van der Waals surface area contributed by atoms with E-state index < -0.39 is 0 Å². The Morgan fingerprint density at radius 2 is 1.88 bits per heavy atom. The maximum atomic E-state index is 5.54. The van der Waals surface area contributed by atoms with Crippen LogP contribution in [0.2, 0.25) is 0 Å². The van der Waals surface area contributed by atoms with Crippen LogP contribution in [-0.2, 0) is 0 Å². The molecule has 2 rings (SSSR count). The van der Waals surface area contributed by atoms with Crippen molar-refractivity contribution < 1.29 is 14.2 Å². The third-order valence-corrected chi connectivity index (χ3v) is 2.16. The van der Waals surface area contributed by atoms with Crippen LogP contribution in [-0.4, -0.2) is 19.2 Å². The van der Waals surface area contributed by atoms with Crippen molar-refractivity contribution in [3.05, 3.63) is 42.6 Å². The molecule has 0 saturated heterocycles. The molecule has 1 radical (unpaired) electrons. The van der Waals surface area contributed by atoms with Crippen LogP contribution in [0.5, 0.6) is 23.1 Å². The monoisotopic (exact) mass is 230 g/mol. The summed E-state index contributed by atoms with van der Waals surface area (Å²) in [5.74, 6) is 2.40. The highest BCUT2D eigenvalue weighted by atomic mass is 16.5. The fourth-order valence-electron chi connectivity index (χ4n) is 1.37. The molecule has 1 aromatic heterocycles. The third kappa shape index (κ3) is 2.66. The summed E-state index contributed by atoms with van der Waals surface area (Å²) in [5, 5.41) is 0. The molecule has 0 unspecified atom stereocenters. The SMILES string of the molecule is COc1ccc(Oc2ccc[c]n2)cc1OC. The van der Waals surface area contributed by atoms with E-state index in [2.05, 4.69) is 11.2 Å². The van der Waals surface area contributed by atoms with Gasteiger partial charge in [-0.25, -0.2) is 4.98 Å². The van der Waals surface area contributed by atoms with Crippen molar-refractivity contribution in [1.82, 2.24) is 4.98 Å². The highest BCUT2D eigenvalue weighted by Crippen LogP contribution is 2.32. The fraction of sp³-hybridized carbons (Fsp3) is 0.154. The van der Waals surface area contributed by atoms with Crippen molar-refractivity contribution in [2.75, 3.05) is 14.2 Å². The minimum atomic E-state index is 0.486. The number of ether oxygens (including phenoxy) is 3. The lowest BCUT2D eigenvalue weighted by Gasteiger charge is -2.09. The molecule has 0 fully saturated rings. The molecule has 0 aliphatic heterocycles. The Morgan fingerprint density at radius 1 is 1.06 bits per heavy atom. The molecule has 0 atom stereocenters. The first kappa shape index (κ1) is 11.3. The van der Waals surface area contributed by atoms with E-state index in [0.29, 0.717) is 23.1 Å². The lowest BCUT2D eigenvalue weighted by molar-refractivity contribution is 0.351. The Balaban J connectivity index is 2.22. The Labute approximate surface area is 99.8 Å². The molecule has 0 N–H and O–H groups in total. The van der Waals surface area contributed by atoms with Crippen molar-refractivity contribution >= 4 is 0 Å². The van der Waals surface area contributed by atoms with E-state index >= 15 is 0 Å². The van der Waals surface area contributed by atoms with Crippen LogP contribution in [0.4, 0.5) is 0 Å². The molecule has 0 bridgehead atoms. The van der Waals surface area contributed by atoms with Gasteiger partial charge in [0.25, 0.3) is 0 Å². The van der Waals surface area contributed by atoms with Crippen LogP contribution in [0.25, 0.3) is 0 Å². The van der Waals surface area contributed by atoms with Gasteiger partial charge in [0.1, 0.15) is 5.75 Å². The Morgan fingerprint density at radius 3 is 2.53 bits per heavy atom. The quantitative estimate of drug-likeness (QED) is 0.809. The van der Waals surface area contributed by atoms with E-state index in [-0.39, 0.29) is 0 Å². The highest BCUT2D eigenvalue weighted by molar-refractivity contribution is 5.46. The Kier molecular flexibility index (Phi) is 3.45. The van der Waals surface area contributed by atoms with Crippen molar-refractivity contribution in [2.24, 2.45) is 0 Å². The predicted octanol–water partition coefficient (Wildman–Crippen LogP) is 2.69. The lowest BCUT2D eigenvalue weighted by atomic mass is 10.3. The normalized spacial score (nSPS) is 9.76. The molecule has 1 heterocycles. The standard InChI is InChI=1S/C13H12NO3/c1-15-11-7-6-10(9-12(11)16-2)17-13-5-3-4-8-14-13/h3-7,9H,1-2H3. The van der Waals surface area contributed by atoms with Crippen molar-refractivity contribution in [3.8, 4) is 23.1 Å². The molecule has 4 nitrogen and oxygen atoms in total. The average molecular weight is 230 g/mol. The molecule has 87 valence electrons. The van der Waals surface area contributed by atoms with Crippen LogP contribution in [0.15, 0.2) is 36.4 Å². The number of nitrogens with zero attached hydrogens (tertiary/aromatic N) is 1. The van der Waals surface area contributed by atoms with E-state index in [9.17, 15) is 0 Å². The summed E-state index contributed by atoms with van der Waals surface area (Å²) in [7, 11) is 3.17. The van der Waals surface area contributed by atoms with Crippen molar-refractivity contribution in [2.45, 2.75) is 0 Å². The lowest BCUT2D eigenvalue weighted by Crippen LogP contribution is -1.92. The molecule has 17 heavy (non-hydrogen) atoms. The second kappa shape index (κ2) is 5.21. The predicted molar refractivity (Wildman–Crippen MR) is 62.7 cm³/mol. The van der Waals surface area contributed by atoms with Crippen LogP contribution in [0.3, 0.4) is 0 Å². The summed E-state index contributed by atoms with van der Waals surface area (Å²) in [6.07, 6.45) is 2.70. The van der Waals surface area contributed by atoms with Gasteiger partial charge in [-0.15, -0.1) is 0 Å². The van der Waals surface area contributed by atoms with Gasteiger partial charge in [-0.3, -0.25) is 0 Å². The molecule has 0 saturated carbocycles. The third-order valence-electron chi connectivity index (χ3n) is 2.16. The molecule has 0 spiro atoms. The summed E-state index contributed by atoms with van der Waals surface area (Å²) >= 11 is 0. The summed E-state index contributed by atoms with van der Waals surface area (Å²) in [6, 6.07) is 10.6. The van der Waals surface area contributed by atoms with Crippen molar-refractivity contribution in [3.63, 3.8) is 0 Å². The van der Waals surface area contributed by atoms with Gasteiger partial charge >= 0.3 is 0 Å². The number of hydrogen-bond acceptors (Lipinski definition) is 4. The molecule has 0 amide bonds. The molecular weight excluding hydrogens is 218 g/mol. The van der Waals surface area contributed by atoms with Crippen LogP contribution in [0, 0.1) is 6.20 Å². The van der Waals surface area contributed by atoms with Gasteiger partial charge < -0.3 is 14.2 Å². The first-order chi connectivity index (χ1) is 8.33. The summed E-state index contributed by atoms with van der Waals surface area (Å²) in [4.78, 5) is 3.95. The largest absolute Gasteiger partial charge is 0.493 e. The number of methoxy groups -OCH3 is 2. The van der Waals surface area contributed by atoms with Gasteiger partial charge in [0, 0.05) is 12.1 Å². The average Bonchev–Trinajstić information content (AvgIpc) is 2.40. The Hall–Kier alpha value is -2.23. The van der Waals surface area contributed by atoms with Gasteiger partial charge in [-0.2, -0.15) is 0 Å². The minimum absolute atomic E-state index is 0.486. The smallest absolute Gasteiger partial charge is 0.219 e. The molecular formula is C13H12NO3. The maximum absolute atomic E-state index is 5.54. The molecule has 4 heteroatoms. The topological polar surface area (TPSA) is 40.6 Å². The van der Waals surface area contributed by atoms with Gasteiger partial charge in [-0.05, 0) is 18.2 Å². The highest BCUT2D eigenvalue weighted by Gasteiger charge is 2.06. The summed E-state index contributed by atoms with van der Waals surface area (Å²) in [6.45, 7) is 0. The van der Waals surface area contributed by atoms with Gasteiger partial charge in [0.05, 0.1) is 20.4 Å². The van der Waals surface area contributed by atoms with Gasteiger partial charge in [0.15, 0.2) is 11.5 Å². The molecule has 0 aliphatic rings. The number of pyridine rings is 1. The number of rotatable bonds is 4. The van der Waals surface area contributed by atoms with E-state index in [1.807, 2.05) is 6.07 Å². The van der Waals surface area contributed by atoms with E-state index in [4.69, 9.17) is 14.2 Å². The second-order valence-electron chi connectivity index (χ2n) is 3.22.